The molecule has 0 aliphatic carbocycles. The third kappa shape index (κ3) is 7.26. The van der Waals surface area contributed by atoms with Gasteiger partial charge in [-0.15, -0.1) is 11.3 Å². The zero-order chi connectivity index (χ0) is 28.7. The molecule has 9 nitrogen and oxygen atoms in total. The monoisotopic (exact) mass is 557 g/mol. The number of amides is 3. The molecule has 11 heteroatoms. The van der Waals surface area contributed by atoms with Crippen molar-refractivity contribution < 1.29 is 33.0 Å². The first-order chi connectivity index (χ1) is 18.5. The van der Waals surface area contributed by atoms with Crippen molar-refractivity contribution in [3.63, 3.8) is 0 Å². The van der Waals surface area contributed by atoms with E-state index in [1.54, 1.807) is 50.4 Å². The van der Waals surface area contributed by atoms with Crippen LogP contribution in [0, 0.1) is 5.82 Å². The van der Waals surface area contributed by atoms with Gasteiger partial charge in [-0.05, 0) is 68.1 Å². The van der Waals surface area contributed by atoms with Gasteiger partial charge in [0, 0.05) is 11.2 Å². The normalized spacial score (nSPS) is 11.8. The predicted molar refractivity (Wildman–Crippen MR) is 147 cm³/mol. The van der Waals surface area contributed by atoms with Crippen molar-refractivity contribution in [3.05, 3.63) is 70.2 Å². The molecule has 0 saturated heterocycles. The highest BCUT2D eigenvalue weighted by Crippen LogP contribution is 2.41. The van der Waals surface area contributed by atoms with Gasteiger partial charge in [0.25, 0.3) is 5.91 Å². The molecule has 0 spiro atoms. The highest BCUT2D eigenvalue weighted by atomic mass is 32.1. The fraction of sp³-hybridized carbons (Fsp3) is 0.321. The zero-order valence-corrected chi connectivity index (χ0v) is 23.5. The second kappa shape index (κ2) is 12.6. The van der Waals surface area contributed by atoms with Crippen molar-refractivity contribution in [1.29, 1.82) is 0 Å². The molecule has 208 valence electrons. The molecule has 1 atom stereocenters. The summed E-state index contributed by atoms with van der Waals surface area (Å²) < 4.78 is 30.8. The summed E-state index contributed by atoms with van der Waals surface area (Å²) in [5.41, 5.74) is -0.235. The van der Waals surface area contributed by atoms with Crippen LogP contribution in [-0.4, -0.2) is 51.1 Å². The summed E-state index contributed by atoms with van der Waals surface area (Å²) in [7, 11) is 4.31. The fourth-order valence-electron chi connectivity index (χ4n) is 3.91. The van der Waals surface area contributed by atoms with E-state index in [9.17, 15) is 18.8 Å². The lowest BCUT2D eigenvalue weighted by molar-refractivity contribution is -0.127. The standard InChI is InChI=1S/C28H32FN3O6S/c1-28(2,3)31-27(35)24(17-13-20(36-4)25(38-6)21(14-17)37-5)32(19-10-7-9-18(29)15-19)23(33)16-30-26(34)22-11-8-12-39-22/h7-15,24H,16H2,1-6H3,(H,30,34)(H,31,35). The van der Waals surface area contributed by atoms with E-state index in [4.69, 9.17) is 14.2 Å². The van der Waals surface area contributed by atoms with Crippen LogP contribution < -0.4 is 29.7 Å². The van der Waals surface area contributed by atoms with E-state index in [0.717, 1.165) is 11.0 Å². The molecule has 39 heavy (non-hydrogen) atoms. The number of methoxy groups -OCH3 is 3. The average Bonchev–Trinajstić information content (AvgIpc) is 3.43. The SMILES string of the molecule is COc1cc(C(C(=O)NC(C)(C)C)N(C(=O)CNC(=O)c2cccs2)c2cccc(F)c2)cc(OC)c1OC. The minimum absolute atomic E-state index is 0.119. The Morgan fingerprint density at radius 1 is 0.974 bits per heavy atom. The highest BCUT2D eigenvalue weighted by molar-refractivity contribution is 7.12. The van der Waals surface area contributed by atoms with Crippen LogP contribution in [0.15, 0.2) is 53.9 Å². The summed E-state index contributed by atoms with van der Waals surface area (Å²) in [4.78, 5) is 41.8. The Morgan fingerprint density at radius 2 is 1.64 bits per heavy atom. The Kier molecular flexibility index (Phi) is 9.52. The Morgan fingerprint density at radius 3 is 2.15 bits per heavy atom. The van der Waals surface area contributed by atoms with Gasteiger partial charge in [0.15, 0.2) is 11.5 Å². The summed E-state index contributed by atoms with van der Waals surface area (Å²) in [5.74, 6) is -1.41. The summed E-state index contributed by atoms with van der Waals surface area (Å²) in [6.45, 7) is 4.95. The number of carbonyl (C=O) groups is 3. The van der Waals surface area contributed by atoms with Gasteiger partial charge in [-0.1, -0.05) is 12.1 Å². The number of benzene rings is 2. The Balaban J connectivity index is 2.16. The maximum Gasteiger partial charge on any atom is 0.261 e. The average molecular weight is 558 g/mol. The topological polar surface area (TPSA) is 106 Å². The molecule has 3 rings (SSSR count). The second-order valence-corrected chi connectivity index (χ2v) is 10.5. The maximum absolute atomic E-state index is 14.4. The summed E-state index contributed by atoms with van der Waals surface area (Å²) in [6, 6.07) is 10.5. The number of nitrogens with one attached hydrogen (secondary N) is 2. The largest absolute Gasteiger partial charge is 0.493 e. The molecule has 0 aliphatic rings. The van der Waals surface area contributed by atoms with Crippen LogP contribution >= 0.6 is 11.3 Å². The first-order valence-corrected chi connectivity index (χ1v) is 12.9. The lowest BCUT2D eigenvalue weighted by Gasteiger charge is -2.34. The smallest absolute Gasteiger partial charge is 0.261 e. The molecular formula is C28H32FN3O6S. The number of halogens is 1. The molecular weight excluding hydrogens is 525 g/mol. The molecule has 2 aromatic carbocycles. The number of thiophene rings is 1. The second-order valence-electron chi connectivity index (χ2n) is 9.50. The molecule has 1 unspecified atom stereocenters. The molecule has 2 N–H and O–H groups in total. The van der Waals surface area contributed by atoms with Crippen LogP contribution in [0.5, 0.6) is 17.2 Å². The van der Waals surface area contributed by atoms with E-state index in [1.165, 1.54) is 50.9 Å². The fourth-order valence-corrected chi connectivity index (χ4v) is 4.55. The minimum atomic E-state index is -1.30. The number of carbonyl (C=O) groups excluding carboxylic acids is 3. The Hall–Kier alpha value is -4.12. The van der Waals surface area contributed by atoms with Crippen LogP contribution in [-0.2, 0) is 9.59 Å². The van der Waals surface area contributed by atoms with Crippen LogP contribution in [0.3, 0.4) is 0 Å². The van der Waals surface area contributed by atoms with Crippen LogP contribution in [0.4, 0.5) is 10.1 Å². The number of hydrogen-bond donors (Lipinski definition) is 2. The van der Waals surface area contributed by atoms with Gasteiger partial charge >= 0.3 is 0 Å². The Labute approximate surface area is 230 Å². The third-order valence-corrected chi connectivity index (χ3v) is 6.38. The number of ether oxygens (including phenoxy) is 3. The van der Waals surface area contributed by atoms with Gasteiger partial charge in [-0.25, -0.2) is 4.39 Å². The van der Waals surface area contributed by atoms with Gasteiger partial charge in [-0.3, -0.25) is 19.3 Å². The molecule has 1 heterocycles. The number of rotatable bonds is 10. The first-order valence-electron chi connectivity index (χ1n) is 12.0. The summed E-state index contributed by atoms with van der Waals surface area (Å²) >= 11 is 1.23. The van der Waals surface area contributed by atoms with Crippen molar-refractivity contribution in [2.24, 2.45) is 0 Å². The first kappa shape index (κ1) is 29.4. The van der Waals surface area contributed by atoms with Crippen molar-refractivity contribution in [1.82, 2.24) is 10.6 Å². The third-order valence-electron chi connectivity index (χ3n) is 5.51. The lowest BCUT2D eigenvalue weighted by Crippen LogP contribution is -2.51. The number of nitrogens with zero attached hydrogens (tertiary/aromatic N) is 1. The van der Waals surface area contributed by atoms with E-state index < -0.39 is 41.7 Å². The van der Waals surface area contributed by atoms with Gasteiger partial charge in [-0.2, -0.15) is 0 Å². The molecule has 0 bridgehead atoms. The van der Waals surface area contributed by atoms with Crippen molar-refractivity contribution in [2.45, 2.75) is 32.4 Å². The Bertz CT molecular complexity index is 1300. The van der Waals surface area contributed by atoms with Gasteiger partial charge in [0.2, 0.25) is 17.6 Å². The molecule has 3 amide bonds. The number of anilines is 1. The van der Waals surface area contributed by atoms with Gasteiger partial charge in [0.05, 0.1) is 32.8 Å². The van der Waals surface area contributed by atoms with Crippen LogP contribution in [0.2, 0.25) is 0 Å². The summed E-state index contributed by atoms with van der Waals surface area (Å²) in [5, 5.41) is 7.24. The maximum atomic E-state index is 14.4. The highest BCUT2D eigenvalue weighted by Gasteiger charge is 2.36. The van der Waals surface area contributed by atoms with Crippen LogP contribution in [0.1, 0.15) is 42.0 Å². The van der Waals surface area contributed by atoms with Crippen molar-refractivity contribution in [2.75, 3.05) is 32.8 Å². The molecule has 0 saturated carbocycles. The van der Waals surface area contributed by atoms with Gasteiger partial charge < -0.3 is 24.8 Å². The van der Waals surface area contributed by atoms with E-state index in [0.29, 0.717) is 16.2 Å². The van der Waals surface area contributed by atoms with Crippen LogP contribution in [0.25, 0.3) is 0 Å². The van der Waals surface area contributed by atoms with E-state index in [1.807, 2.05) is 0 Å². The van der Waals surface area contributed by atoms with Gasteiger partial charge in [0.1, 0.15) is 11.9 Å². The van der Waals surface area contributed by atoms with E-state index in [2.05, 4.69) is 10.6 Å². The molecule has 0 fully saturated rings. The lowest BCUT2D eigenvalue weighted by atomic mass is 9.99. The summed E-state index contributed by atoms with van der Waals surface area (Å²) in [6.07, 6.45) is 0. The molecule has 0 aliphatic heterocycles. The number of hydrogen-bond acceptors (Lipinski definition) is 7. The van der Waals surface area contributed by atoms with E-state index >= 15 is 0 Å². The van der Waals surface area contributed by atoms with E-state index in [-0.39, 0.29) is 17.2 Å². The molecule has 1 aromatic heterocycles. The minimum Gasteiger partial charge on any atom is -0.493 e. The molecule has 3 aromatic rings. The van der Waals surface area contributed by atoms with Crippen molar-refractivity contribution in [3.8, 4) is 17.2 Å². The molecule has 0 radical (unpaired) electrons. The zero-order valence-electron chi connectivity index (χ0n) is 22.7. The quantitative estimate of drug-likeness (QED) is 0.384. The predicted octanol–water partition coefficient (Wildman–Crippen LogP) is 4.33. The van der Waals surface area contributed by atoms with Crippen molar-refractivity contribution >= 4 is 34.7 Å².